The van der Waals surface area contributed by atoms with E-state index in [1.807, 2.05) is 48.2 Å². The minimum atomic E-state index is 0.326. The second-order valence-electron chi connectivity index (χ2n) is 5.12. The molecule has 1 aliphatic rings. The van der Waals surface area contributed by atoms with Gasteiger partial charge in [-0.25, -0.2) is 0 Å². The summed E-state index contributed by atoms with van der Waals surface area (Å²) in [5, 5.41) is 9.79. The van der Waals surface area contributed by atoms with Crippen LogP contribution in [0.4, 0.5) is 0 Å². The molecule has 2 nitrogen and oxygen atoms in total. The van der Waals surface area contributed by atoms with Gasteiger partial charge >= 0.3 is 0 Å². The van der Waals surface area contributed by atoms with Crippen molar-refractivity contribution in [3.63, 3.8) is 0 Å². The van der Waals surface area contributed by atoms with Gasteiger partial charge in [-0.1, -0.05) is 60.7 Å². The number of thioether (sulfide) groups is 1. The largest absolute Gasteiger partial charge is 0.154 e. The van der Waals surface area contributed by atoms with Crippen molar-refractivity contribution in [3.8, 4) is 0 Å². The molecule has 2 aromatic carbocycles. The van der Waals surface area contributed by atoms with Crippen molar-refractivity contribution in [2.75, 3.05) is 0 Å². The molecular weight excluding hydrogens is 276 g/mol. The van der Waals surface area contributed by atoms with Crippen LogP contribution in [0.15, 0.2) is 70.9 Å². The Hall–Kier alpha value is -1.87. The Balaban J connectivity index is 2.00. The van der Waals surface area contributed by atoms with Crippen LogP contribution in [-0.2, 0) is 0 Å². The Labute approximate surface area is 130 Å². The average molecular weight is 294 g/mol. The molecule has 0 amide bonds. The highest BCUT2D eigenvalue weighted by Gasteiger charge is 2.24. The fraction of sp³-hybridized carbons (Fsp3) is 0.222. The average Bonchev–Trinajstić information content (AvgIpc) is 2.67. The minimum Gasteiger partial charge on any atom is -0.154 e. The van der Waals surface area contributed by atoms with Crippen molar-refractivity contribution in [1.29, 1.82) is 0 Å². The summed E-state index contributed by atoms with van der Waals surface area (Å²) in [6.45, 7) is 4.41. The van der Waals surface area contributed by atoms with Gasteiger partial charge in [0.1, 0.15) is 0 Å². The summed E-state index contributed by atoms with van der Waals surface area (Å²) >= 11 is 1.91. The van der Waals surface area contributed by atoms with E-state index in [1.54, 1.807) is 0 Å². The number of rotatable bonds is 2. The molecular formula is C18H18N2S. The first-order chi connectivity index (χ1) is 10.3. The van der Waals surface area contributed by atoms with Gasteiger partial charge in [-0.3, -0.25) is 0 Å². The first-order valence-corrected chi connectivity index (χ1v) is 8.11. The van der Waals surface area contributed by atoms with Gasteiger partial charge in [0.05, 0.1) is 11.4 Å². The van der Waals surface area contributed by atoms with Crippen LogP contribution in [0.2, 0.25) is 0 Å². The molecule has 0 unspecified atom stereocenters. The molecule has 0 saturated carbocycles. The van der Waals surface area contributed by atoms with E-state index in [1.165, 1.54) is 0 Å². The number of hydrogen-bond donors (Lipinski definition) is 0. The van der Waals surface area contributed by atoms with E-state index < -0.39 is 0 Å². The zero-order valence-electron chi connectivity index (χ0n) is 12.2. The van der Waals surface area contributed by atoms with Gasteiger partial charge in [0.25, 0.3) is 0 Å². The van der Waals surface area contributed by atoms with Crippen LogP contribution >= 0.6 is 11.8 Å². The van der Waals surface area contributed by atoms with E-state index >= 15 is 0 Å². The van der Waals surface area contributed by atoms with Gasteiger partial charge in [0.15, 0.2) is 0 Å². The maximum absolute atomic E-state index is 4.57. The van der Waals surface area contributed by atoms with E-state index in [0.717, 1.165) is 22.6 Å². The van der Waals surface area contributed by atoms with Gasteiger partial charge in [0, 0.05) is 10.5 Å². The topological polar surface area (TPSA) is 24.7 Å². The van der Waals surface area contributed by atoms with E-state index in [-0.39, 0.29) is 0 Å². The van der Waals surface area contributed by atoms with Crippen LogP contribution in [0.5, 0.6) is 0 Å². The predicted molar refractivity (Wildman–Crippen MR) is 92.5 cm³/mol. The Morgan fingerprint density at radius 2 is 1.05 bits per heavy atom. The Morgan fingerprint density at radius 3 is 1.43 bits per heavy atom. The summed E-state index contributed by atoms with van der Waals surface area (Å²) in [6.07, 6.45) is 0. The van der Waals surface area contributed by atoms with E-state index in [9.17, 15) is 0 Å². The van der Waals surface area contributed by atoms with Crippen molar-refractivity contribution in [1.82, 2.24) is 0 Å². The van der Waals surface area contributed by atoms with Crippen molar-refractivity contribution in [3.05, 3.63) is 71.8 Å². The predicted octanol–water partition coefficient (Wildman–Crippen LogP) is 4.40. The van der Waals surface area contributed by atoms with Crippen LogP contribution in [-0.4, -0.2) is 21.9 Å². The lowest BCUT2D eigenvalue weighted by Gasteiger charge is -2.16. The molecule has 0 aliphatic carbocycles. The zero-order chi connectivity index (χ0) is 14.7. The second-order valence-corrected chi connectivity index (χ2v) is 6.81. The van der Waals surface area contributed by atoms with Gasteiger partial charge in [-0.2, -0.15) is 10.2 Å². The summed E-state index contributed by atoms with van der Waals surface area (Å²) < 4.78 is 0. The molecule has 0 aromatic heterocycles. The minimum absolute atomic E-state index is 0.326. The van der Waals surface area contributed by atoms with Gasteiger partial charge in [-0.15, -0.1) is 11.8 Å². The fourth-order valence-corrected chi connectivity index (χ4v) is 3.74. The molecule has 2 aromatic rings. The maximum Gasteiger partial charge on any atom is 0.0830 e. The molecule has 1 heterocycles. The molecule has 0 saturated heterocycles. The Bertz CT molecular complexity index is 603. The van der Waals surface area contributed by atoms with E-state index in [4.69, 9.17) is 0 Å². The van der Waals surface area contributed by atoms with Crippen LogP contribution in [0.1, 0.15) is 25.0 Å². The highest BCUT2D eigenvalue weighted by atomic mass is 32.2. The molecule has 21 heavy (non-hydrogen) atoms. The van der Waals surface area contributed by atoms with Crippen molar-refractivity contribution in [2.24, 2.45) is 10.2 Å². The van der Waals surface area contributed by atoms with E-state index in [2.05, 4.69) is 48.3 Å². The van der Waals surface area contributed by atoms with Gasteiger partial charge < -0.3 is 0 Å². The molecule has 0 radical (unpaired) electrons. The lowest BCUT2D eigenvalue weighted by Crippen LogP contribution is -2.19. The summed E-state index contributed by atoms with van der Waals surface area (Å²) in [5.41, 5.74) is 4.42. The third-order valence-electron chi connectivity index (χ3n) is 3.58. The summed E-state index contributed by atoms with van der Waals surface area (Å²) in [5.74, 6) is 0. The molecule has 0 bridgehead atoms. The van der Waals surface area contributed by atoms with Crippen LogP contribution < -0.4 is 0 Å². The highest BCUT2D eigenvalue weighted by Crippen LogP contribution is 2.27. The van der Waals surface area contributed by atoms with Gasteiger partial charge in [-0.05, 0) is 25.0 Å². The summed E-state index contributed by atoms with van der Waals surface area (Å²) in [4.78, 5) is 0. The van der Waals surface area contributed by atoms with Crippen LogP contribution in [0.3, 0.4) is 0 Å². The van der Waals surface area contributed by atoms with Crippen molar-refractivity contribution < 1.29 is 0 Å². The van der Waals surface area contributed by atoms with Crippen LogP contribution in [0, 0.1) is 0 Å². The monoisotopic (exact) mass is 294 g/mol. The van der Waals surface area contributed by atoms with Crippen LogP contribution in [0.25, 0.3) is 0 Å². The number of benzene rings is 2. The molecule has 0 spiro atoms. The van der Waals surface area contributed by atoms with Crippen molar-refractivity contribution >= 4 is 23.2 Å². The lowest BCUT2D eigenvalue weighted by molar-refractivity contribution is 1.17. The maximum atomic E-state index is 4.57. The van der Waals surface area contributed by atoms with E-state index in [0.29, 0.717) is 10.5 Å². The molecule has 3 heteroatoms. The third-order valence-corrected chi connectivity index (χ3v) is 4.85. The second kappa shape index (κ2) is 6.27. The standard InChI is InChI=1S/C18H18N2S/c1-13-17(15-9-5-3-6-10-15)19-20-18(14(2)21-13)16-11-7-4-8-12-16/h3-14H,1-2H3/t13-,14+. The molecule has 2 atom stereocenters. The first-order valence-electron chi connectivity index (χ1n) is 7.17. The molecule has 106 valence electrons. The zero-order valence-corrected chi connectivity index (χ0v) is 13.0. The van der Waals surface area contributed by atoms with Gasteiger partial charge in [0.2, 0.25) is 0 Å². The molecule has 0 fully saturated rings. The molecule has 3 rings (SSSR count). The number of nitrogens with zero attached hydrogens (tertiary/aromatic N) is 2. The lowest BCUT2D eigenvalue weighted by atomic mass is 10.1. The summed E-state index contributed by atoms with van der Waals surface area (Å²) in [6, 6.07) is 20.6. The summed E-state index contributed by atoms with van der Waals surface area (Å²) in [7, 11) is 0. The quantitative estimate of drug-likeness (QED) is 0.805. The smallest absolute Gasteiger partial charge is 0.0830 e. The molecule has 0 N–H and O–H groups in total. The SMILES string of the molecule is C[C@@H]1S[C@H](C)C(c2ccccc2)=NN=C1c1ccccc1. The highest BCUT2D eigenvalue weighted by molar-refractivity contribution is 8.02. The first kappa shape index (κ1) is 14.1. The normalized spacial score (nSPS) is 22.2. The fourth-order valence-electron chi connectivity index (χ4n) is 2.51. The van der Waals surface area contributed by atoms with Crippen molar-refractivity contribution in [2.45, 2.75) is 24.3 Å². The Morgan fingerprint density at radius 1 is 0.667 bits per heavy atom. The third kappa shape index (κ3) is 3.08. The number of hydrogen-bond acceptors (Lipinski definition) is 3. The Kier molecular flexibility index (Phi) is 4.20. The molecule has 1 aliphatic heterocycles.